The summed E-state index contributed by atoms with van der Waals surface area (Å²) in [4.78, 5) is 8.03. The summed E-state index contributed by atoms with van der Waals surface area (Å²) in [6.45, 7) is 3.88. The highest BCUT2D eigenvalue weighted by Crippen LogP contribution is 2.14. The van der Waals surface area contributed by atoms with Crippen molar-refractivity contribution in [3.8, 4) is 0 Å². The highest BCUT2D eigenvalue weighted by Gasteiger charge is 2.11. The van der Waals surface area contributed by atoms with Gasteiger partial charge in [0.1, 0.15) is 5.82 Å². The van der Waals surface area contributed by atoms with Crippen LogP contribution in [0, 0.1) is 11.3 Å². The Morgan fingerprint density at radius 3 is 2.64 bits per heavy atom. The Labute approximate surface area is 83.3 Å². The monoisotopic (exact) mass is 193 g/mol. The number of aromatic nitrogens is 2. The van der Waals surface area contributed by atoms with E-state index in [4.69, 9.17) is 11.1 Å². The molecular formula is C9H15N5. The van der Waals surface area contributed by atoms with E-state index in [-0.39, 0.29) is 5.92 Å². The molecular weight excluding hydrogens is 178 g/mol. The van der Waals surface area contributed by atoms with Crippen LogP contribution in [0.3, 0.4) is 0 Å². The van der Waals surface area contributed by atoms with Crippen LogP contribution in [0.5, 0.6) is 0 Å². The zero-order valence-electron chi connectivity index (χ0n) is 8.63. The number of nitrogens with one attached hydrogen (secondary N) is 2. The van der Waals surface area contributed by atoms with Gasteiger partial charge in [-0.25, -0.2) is 4.98 Å². The maximum atomic E-state index is 7.77. The van der Waals surface area contributed by atoms with Gasteiger partial charge in [0.2, 0.25) is 5.95 Å². The van der Waals surface area contributed by atoms with E-state index in [1.807, 2.05) is 13.8 Å². The first-order chi connectivity index (χ1) is 6.56. The van der Waals surface area contributed by atoms with Crippen LogP contribution in [-0.4, -0.2) is 22.7 Å². The molecule has 0 fully saturated rings. The van der Waals surface area contributed by atoms with Crippen LogP contribution in [0.4, 0.5) is 11.8 Å². The van der Waals surface area contributed by atoms with Crippen LogP contribution in [-0.2, 0) is 0 Å². The molecule has 0 radical (unpaired) electrons. The smallest absolute Gasteiger partial charge is 0.224 e. The molecule has 0 atom stereocenters. The van der Waals surface area contributed by atoms with Crippen LogP contribution >= 0.6 is 0 Å². The van der Waals surface area contributed by atoms with Gasteiger partial charge in [0.05, 0.1) is 5.56 Å². The third-order valence-electron chi connectivity index (χ3n) is 1.91. The van der Waals surface area contributed by atoms with Crippen LogP contribution in [0.25, 0.3) is 0 Å². The Morgan fingerprint density at radius 2 is 2.21 bits per heavy atom. The van der Waals surface area contributed by atoms with Crippen molar-refractivity contribution in [3.63, 3.8) is 0 Å². The zero-order valence-corrected chi connectivity index (χ0v) is 8.63. The van der Waals surface area contributed by atoms with Crippen molar-refractivity contribution in [1.82, 2.24) is 9.97 Å². The summed E-state index contributed by atoms with van der Waals surface area (Å²) in [7, 11) is 1.72. The van der Waals surface area contributed by atoms with Crippen molar-refractivity contribution < 1.29 is 0 Å². The summed E-state index contributed by atoms with van der Waals surface area (Å²) in [5.41, 5.74) is 6.78. The zero-order chi connectivity index (χ0) is 10.7. The number of nitrogens with zero attached hydrogens (tertiary/aromatic N) is 2. The maximum Gasteiger partial charge on any atom is 0.224 e. The van der Waals surface area contributed by atoms with Gasteiger partial charge in [-0.1, -0.05) is 13.8 Å². The molecule has 5 heteroatoms. The van der Waals surface area contributed by atoms with Crippen LogP contribution in [0.1, 0.15) is 19.4 Å². The normalized spacial score (nSPS) is 10.3. The first-order valence-corrected chi connectivity index (χ1v) is 4.45. The standard InChI is InChI=1S/C9H15N5/c1-5(2)7(10)6-4-13-9(12-3)14-8(6)11/h4-5,10H,1-3H3,(H3,11,12,13,14). The average Bonchev–Trinajstić information content (AvgIpc) is 2.16. The van der Waals surface area contributed by atoms with Crippen molar-refractivity contribution >= 4 is 17.5 Å². The lowest BCUT2D eigenvalue weighted by atomic mass is 10.0. The van der Waals surface area contributed by atoms with E-state index < -0.39 is 0 Å². The summed E-state index contributed by atoms with van der Waals surface area (Å²) < 4.78 is 0. The lowest BCUT2D eigenvalue weighted by Gasteiger charge is -2.09. The molecule has 0 unspecified atom stereocenters. The minimum absolute atomic E-state index is 0.126. The molecule has 0 amide bonds. The van der Waals surface area contributed by atoms with Crippen molar-refractivity contribution in [2.75, 3.05) is 18.1 Å². The van der Waals surface area contributed by atoms with Crippen molar-refractivity contribution in [3.05, 3.63) is 11.8 Å². The predicted molar refractivity (Wildman–Crippen MR) is 57.7 cm³/mol. The molecule has 0 saturated carbocycles. The summed E-state index contributed by atoms with van der Waals surface area (Å²) in [6, 6.07) is 0. The first kappa shape index (κ1) is 10.4. The molecule has 1 aromatic heterocycles. The van der Waals surface area contributed by atoms with Gasteiger partial charge in [-0.15, -0.1) is 0 Å². The number of anilines is 2. The lowest BCUT2D eigenvalue weighted by Crippen LogP contribution is -2.13. The second kappa shape index (κ2) is 4.04. The van der Waals surface area contributed by atoms with Crippen LogP contribution in [0.2, 0.25) is 0 Å². The molecule has 0 aliphatic heterocycles. The number of hydrogen-bond donors (Lipinski definition) is 3. The molecule has 14 heavy (non-hydrogen) atoms. The van der Waals surface area contributed by atoms with Gasteiger partial charge < -0.3 is 16.5 Å². The summed E-state index contributed by atoms with van der Waals surface area (Å²) in [6.07, 6.45) is 1.58. The summed E-state index contributed by atoms with van der Waals surface area (Å²) in [5.74, 6) is 0.951. The largest absolute Gasteiger partial charge is 0.383 e. The van der Waals surface area contributed by atoms with Crippen molar-refractivity contribution in [2.45, 2.75) is 13.8 Å². The van der Waals surface area contributed by atoms with Gasteiger partial charge in [-0.3, -0.25) is 0 Å². The van der Waals surface area contributed by atoms with Gasteiger partial charge >= 0.3 is 0 Å². The number of nitrogen functional groups attached to an aromatic ring is 1. The number of rotatable bonds is 3. The van der Waals surface area contributed by atoms with Gasteiger partial charge in [0.15, 0.2) is 0 Å². The van der Waals surface area contributed by atoms with Gasteiger partial charge in [-0.2, -0.15) is 4.98 Å². The fourth-order valence-corrected chi connectivity index (χ4v) is 1.03. The highest BCUT2D eigenvalue weighted by molar-refractivity contribution is 6.02. The molecule has 0 bridgehead atoms. The molecule has 0 aliphatic rings. The predicted octanol–water partition coefficient (Wildman–Crippen LogP) is 1.12. The molecule has 0 saturated heterocycles. The van der Waals surface area contributed by atoms with E-state index >= 15 is 0 Å². The van der Waals surface area contributed by atoms with E-state index in [0.717, 1.165) is 0 Å². The molecule has 0 aliphatic carbocycles. The van der Waals surface area contributed by atoms with Crippen LogP contribution < -0.4 is 11.1 Å². The lowest BCUT2D eigenvalue weighted by molar-refractivity contribution is 0.876. The third-order valence-corrected chi connectivity index (χ3v) is 1.91. The Morgan fingerprint density at radius 1 is 1.57 bits per heavy atom. The van der Waals surface area contributed by atoms with E-state index in [0.29, 0.717) is 23.0 Å². The Bertz CT molecular complexity index is 345. The minimum Gasteiger partial charge on any atom is -0.383 e. The minimum atomic E-state index is 0.126. The van der Waals surface area contributed by atoms with E-state index in [9.17, 15) is 0 Å². The van der Waals surface area contributed by atoms with Crippen LogP contribution in [0.15, 0.2) is 6.20 Å². The van der Waals surface area contributed by atoms with E-state index in [1.54, 1.807) is 13.2 Å². The first-order valence-electron chi connectivity index (χ1n) is 4.45. The Balaban J connectivity index is 3.06. The van der Waals surface area contributed by atoms with E-state index in [1.165, 1.54) is 0 Å². The van der Waals surface area contributed by atoms with Gasteiger partial charge in [0, 0.05) is 19.0 Å². The summed E-state index contributed by atoms with van der Waals surface area (Å²) in [5, 5.41) is 10.6. The molecule has 1 rings (SSSR count). The summed E-state index contributed by atoms with van der Waals surface area (Å²) >= 11 is 0. The maximum absolute atomic E-state index is 7.77. The molecule has 76 valence electrons. The molecule has 5 nitrogen and oxygen atoms in total. The molecule has 1 heterocycles. The number of hydrogen-bond acceptors (Lipinski definition) is 5. The van der Waals surface area contributed by atoms with Crippen molar-refractivity contribution in [2.24, 2.45) is 5.92 Å². The Hall–Kier alpha value is -1.65. The van der Waals surface area contributed by atoms with Crippen molar-refractivity contribution in [1.29, 1.82) is 5.41 Å². The molecule has 4 N–H and O–H groups in total. The molecule has 0 spiro atoms. The second-order valence-electron chi connectivity index (χ2n) is 3.31. The molecule has 1 aromatic rings. The molecule has 0 aromatic carbocycles. The van der Waals surface area contributed by atoms with E-state index in [2.05, 4.69) is 15.3 Å². The number of nitrogens with two attached hydrogens (primary N) is 1. The second-order valence-corrected chi connectivity index (χ2v) is 3.31. The fourth-order valence-electron chi connectivity index (χ4n) is 1.03. The SMILES string of the molecule is CNc1ncc(C(=N)C(C)C)c(N)n1. The Kier molecular flexibility index (Phi) is 3.01. The quantitative estimate of drug-likeness (QED) is 0.628. The highest BCUT2D eigenvalue weighted by atomic mass is 15.1. The third kappa shape index (κ3) is 1.99. The topological polar surface area (TPSA) is 87.7 Å². The van der Waals surface area contributed by atoms with Gasteiger partial charge in [0.25, 0.3) is 0 Å². The van der Waals surface area contributed by atoms with Gasteiger partial charge in [-0.05, 0) is 5.92 Å². The average molecular weight is 193 g/mol. The fraction of sp³-hybridized carbons (Fsp3) is 0.444.